The molecule has 2 amide bonds. The van der Waals surface area contributed by atoms with Crippen LogP contribution in [0.2, 0.25) is 5.02 Å². The summed E-state index contributed by atoms with van der Waals surface area (Å²) in [5.74, 6) is -0.414. The minimum atomic E-state index is -0.207. The number of hydrogen-bond acceptors (Lipinski definition) is 3. The zero-order valence-electron chi connectivity index (χ0n) is 14.4. The van der Waals surface area contributed by atoms with E-state index < -0.39 is 0 Å². The van der Waals surface area contributed by atoms with Crippen molar-refractivity contribution < 1.29 is 9.59 Å². The van der Waals surface area contributed by atoms with Gasteiger partial charge in [0.05, 0.1) is 6.54 Å². The fourth-order valence-corrected chi connectivity index (χ4v) is 2.64. The molecule has 0 saturated carbocycles. The first-order valence-corrected chi connectivity index (χ1v) is 8.74. The molecule has 0 unspecified atom stereocenters. The second-order valence-electron chi connectivity index (χ2n) is 5.81. The largest absolute Gasteiger partial charge is 0.376 e. The van der Waals surface area contributed by atoms with Gasteiger partial charge in [0.2, 0.25) is 5.91 Å². The summed E-state index contributed by atoms with van der Waals surface area (Å²) >= 11 is 5.92. The molecule has 6 heteroatoms. The first kappa shape index (κ1) is 18.5. The third-order valence-corrected chi connectivity index (χ3v) is 3.95. The lowest BCUT2D eigenvalue weighted by Crippen LogP contribution is -2.21. The van der Waals surface area contributed by atoms with Gasteiger partial charge in [0.15, 0.2) is 0 Å². The topological polar surface area (TPSA) is 70.2 Å². The van der Waals surface area contributed by atoms with Crippen LogP contribution in [0.25, 0.3) is 0 Å². The molecule has 27 heavy (non-hydrogen) atoms. The fraction of sp³-hybridized carbons (Fsp3) is 0.0476. The average molecular weight is 380 g/mol. The summed E-state index contributed by atoms with van der Waals surface area (Å²) in [6, 6.07) is 23.1. The number of amides is 2. The Morgan fingerprint density at radius 3 is 2.15 bits per heavy atom. The van der Waals surface area contributed by atoms with E-state index in [-0.39, 0.29) is 18.4 Å². The standard InChI is InChI=1S/C21H18ClN3O2/c22-16-8-4-9-17(12-16)23-14-20(26)24-18-10-5-11-19(13-18)25-21(27)15-6-2-1-3-7-15/h1-13,23H,14H2,(H,24,26)(H,25,27). The molecule has 0 heterocycles. The van der Waals surface area contributed by atoms with Gasteiger partial charge in [-0.15, -0.1) is 0 Å². The summed E-state index contributed by atoms with van der Waals surface area (Å²) in [5.41, 5.74) is 2.53. The molecule has 136 valence electrons. The normalized spacial score (nSPS) is 10.1. The van der Waals surface area contributed by atoms with Crippen molar-refractivity contribution in [1.29, 1.82) is 0 Å². The third kappa shape index (κ3) is 5.59. The highest BCUT2D eigenvalue weighted by molar-refractivity contribution is 6.30. The van der Waals surface area contributed by atoms with Gasteiger partial charge in [-0.1, -0.05) is 41.9 Å². The van der Waals surface area contributed by atoms with E-state index in [1.807, 2.05) is 18.2 Å². The average Bonchev–Trinajstić information content (AvgIpc) is 2.67. The van der Waals surface area contributed by atoms with Crippen LogP contribution in [-0.4, -0.2) is 18.4 Å². The fourth-order valence-electron chi connectivity index (χ4n) is 2.45. The van der Waals surface area contributed by atoms with Crippen LogP contribution in [-0.2, 0) is 4.79 Å². The summed E-state index contributed by atoms with van der Waals surface area (Å²) in [4.78, 5) is 24.3. The third-order valence-electron chi connectivity index (χ3n) is 3.72. The van der Waals surface area contributed by atoms with Crippen LogP contribution in [0.5, 0.6) is 0 Å². The Labute approximate surface area is 162 Å². The maximum atomic E-state index is 12.2. The monoisotopic (exact) mass is 379 g/mol. The van der Waals surface area contributed by atoms with Gasteiger partial charge in [-0.3, -0.25) is 9.59 Å². The number of rotatable bonds is 6. The Kier molecular flexibility index (Phi) is 6.07. The van der Waals surface area contributed by atoms with Crippen LogP contribution in [0.1, 0.15) is 10.4 Å². The zero-order valence-corrected chi connectivity index (χ0v) is 15.2. The highest BCUT2D eigenvalue weighted by atomic mass is 35.5. The Bertz CT molecular complexity index is 945. The molecule has 0 saturated heterocycles. The van der Waals surface area contributed by atoms with Crippen LogP contribution in [0, 0.1) is 0 Å². The first-order valence-electron chi connectivity index (χ1n) is 8.36. The van der Waals surface area contributed by atoms with Crippen molar-refractivity contribution >= 4 is 40.5 Å². The lowest BCUT2D eigenvalue weighted by Gasteiger charge is -2.10. The Morgan fingerprint density at radius 2 is 1.41 bits per heavy atom. The van der Waals surface area contributed by atoms with Crippen molar-refractivity contribution in [3.05, 3.63) is 89.4 Å². The molecule has 3 N–H and O–H groups in total. The molecule has 5 nitrogen and oxygen atoms in total. The number of halogens is 1. The van der Waals surface area contributed by atoms with E-state index in [1.165, 1.54) is 0 Å². The van der Waals surface area contributed by atoms with Crippen LogP contribution < -0.4 is 16.0 Å². The Balaban J connectivity index is 1.57. The van der Waals surface area contributed by atoms with Crippen molar-refractivity contribution in [3.63, 3.8) is 0 Å². The summed E-state index contributed by atoms with van der Waals surface area (Å²) < 4.78 is 0. The van der Waals surface area contributed by atoms with Crippen molar-refractivity contribution in [3.8, 4) is 0 Å². The molecule has 0 bridgehead atoms. The molecule has 0 aromatic heterocycles. The molecular weight excluding hydrogens is 362 g/mol. The van der Waals surface area contributed by atoms with E-state index in [4.69, 9.17) is 11.6 Å². The lowest BCUT2D eigenvalue weighted by molar-refractivity contribution is -0.114. The van der Waals surface area contributed by atoms with Crippen LogP contribution in [0.3, 0.4) is 0 Å². The van der Waals surface area contributed by atoms with Crippen LogP contribution in [0.15, 0.2) is 78.9 Å². The Morgan fingerprint density at radius 1 is 0.741 bits per heavy atom. The summed E-state index contributed by atoms with van der Waals surface area (Å²) in [7, 11) is 0. The number of carbonyl (C=O) groups is 2. The number of hydrogen-bond donors (Lipinski definition) is 3. The predicted molar refractivity (Wildman–Crippen MR) is 109 cm³/mol. The summed E-state index contributed by atoms with van der Waals surface area (Å²) in [6.07, 6.45) is 0. The van der Waals surface area contributed by atoms with Crippen molar-refractivity contribution in [2.75, 3.05) is 22.5 Å². The molecule has 0 radical (unpaired) electrons. The van der Waals surface area contributed by atoms with Gasteiger partial charge in [-0.25, -0.2) is 0 Å². The quantitative estimate of drug-likeness (QED) is 0.584. The van der Waals surface area contributed by atoms with Gasteiger partial charge >= 0.3 is 0 Å². The molecule has 0 atom stereocenters. The van der Waals surface area contributed by atoms with Gasteiger partial charge in [0.1, 0.15) is 0 Å². The minimum absolute atomic E-state index is 0.0982. The molecule has 0 aliphatic heterocycles. The SMILES string of the molecule is O=C(CNc1cccc(Cl)c1)Nc1cccc(NC(=O)c2ccccc2)c1. The van der Waals surface area contributed by atoms with Crippen LogP contribution >= 0.6 is 11.6 Å². The van der Waals surface area contributed by atoms with Crippen molar-refractivity contribution in [2.45, 2.75) is 0 Å². The second kappa shape index (κ2) is 8.87. The molecule has 0 aliphatic rings. The summed E-state index contributed by atoms with van der Waals surface area (Å²) in [5, 5.41) is 9.22. The second-order valence-corrected chi connectivity index (χ2v) is 6.25. The van der Waals surface area contributed by atoms with Gasteiger partial charge in [0, 0.05) is 27.6 Å². The first-order chi connectivity index (χ1) is 13.1. The van der Waals surface area contributed by atoms with E-state index in [0.29, 0.717) is 22.0 Å². The number of benzene rings is 3. The van der Waals surface area contributed by atoms with Gasteiger partial charge in [0.25, 0.3) is 5.91 Å². The maximum Gasteiger partial charge on any atom is 0.255 e. The number of carbonyl (C=O) groups excluding carboxylic acids is 2. The lowest BCUT2D eigenvalue weighted by atomic mass is 10.2. The zero-order chi connectivity index (χ0) is 19.1. The van der Waals surface area contributed by atoms with E-state index in [1.54, 1.807) is 60.7 Å². The maximum absolute atomic E-state index is 12.2. The minimum Gasteiger partial charge on any atom is -0.376 e. The van der Waals surface area contributed by atoms with Gasteiger partial charge < -0.3 is 16.0 Å². The molecular formula is C21H18ClN3O2. The predicted octanol–water partition coefficient (Wildman–Crippen LogP) is 4.64. The molecule has 3 rings (SSSR count). The van der Waals surface area contributed by atoms with Crippen molar-refractivity contribution in [1.82, 2.24) is 0 Å². The van der Waals surface area contributed by atoms with Crippen LogP contribution in [0.4, 0.5) is 17.1 Å². The highest BCUT2D eigenvalue weighted by Crippen LogP contribution is 2.17. The Hall–Kier alpha value is -3.31. The molecule has 3 aromatic carbocycles. The smallest absolute Gasteiger partial charge is 0.255 e. The molecule has 3 aromatic rings. The number of anilines is 3. The molecule has 0 aliphatic carbocycles. The van der Waals surface area contributed by atoms with E-state index in [2.05, 4.69) is 16.0 Å². The van der Waals surface area contributed by atoms with Gasteiger partial charge in [-0.05, 0) is 48.5 Å². The summed E-state index contributed by atoms with van der Waals surface area (Å²) in [6.45, 7) is 0.0982. The highest BCUT2D eigenvalue weighted by Gasteiger charge is 2.07. The number of nitrogens with one attached hydrogen (secondary N) is 3. The van der Waals surface area contributed by atoms with Crippen molar-refractivity contribution in [2.24, 2.45) is 0 Å². The molecule has 0 spiro atoms. The van der Waals surface area contributed by atoms with E-state index in [9.17, 15) is 9.59 Å². The van der Waals surface area contributed by atoms with E-state index in [0.717, 1.165) is 5.69 Å². The molecule has 0 fully saturated rings. The van der Waals surface area contributed by atoms with Gasteiger partial charge in [-0.2, -0.15) is 0 Å². The van der Waals surface area contributed by atoms with E-state index >= 15 is 0 Å².